The Morgan fingerprint density at radius 3 is 2.73 bits per heavy atom. The number of nitrogens with zero attached hydrogens (tertiary/aromatic N) is 2. The fourth-order valence-corrected chi connectivity index (χ4v) is 1.91. The largest absolute Gasteiger partial charge is 0.344 e. The molecule has 0 atom stereocenters. The van der Waals surface area contributed by atoms with Crippen molar-refractivity contribution in [2.75, 3.05) is 0 Å². The molecule has 0 aliphatic heterocycles. The van der Waals surface area contributed by atoms with E-state index >= 15 is 0 Å². The van der Waals surface area contributed by atoms with Crippen LogP contribution in [0.15, 0.2) is 0 Å². The third kappa shape index (κ3) is 1.86. The number of hydrogen-bond acceptors (Lipinski definition) is 3. The van der Waals surface area contributed by atoms with Gasteiger partial charge in [0.25, 0.3) is 5.91 Å². The highest BCUT2D eigenvalue weighted by Gasteiger charge is 2.37. The standard InChI is InChI=1S/C10H16N4O/c1-3-10(5-4-6-10)12-9(15)8-11-7(2)13-14-8/h3-6H2,1-2H3,(H,12,15)(H,11,13,14). The molecule has 0 radical (unpaired) electrons. The average Bonchev–Trinajstić information content (AvgIpc) is 2.58. The van der Waals surface area contributed by atoms with E-state index in [2.05, 4.69) is 27.4 Å². The minimum absolute atomic E-state index is 0.00557. The van der Waals surface area contributed by atoms with Crippen LogP contribution in [-0.2, 0) is 0 Å². The van der Waals surface area contributed by atoms with E-state index in [1.807, 2.05) is 0 Å². The molecule has 5 heteroatoms. The van der Waals surface area contributed by atoms with E-state index < -0.39 is 0 Å². The number of nitrogens with one attached hydrogen (secondary N) is 2. The second kappa shape index (κ2) is 3.64. The van der Waals surface area contributed by atoms with Crippen molar-refractivity contribution in [2.24, 2.45) is 0 Å². The van der Waals surface area contributed by atoms with Crippen molar-refractivity contribution in [3.05, 3.63) is 11.6 Å². The van der Waals surface area contributed by atoms with Gasteiger partial charge in [-0.15, -0.1) is 5.10 Å². The lowest BCUT2D eigenvalue weighted by atomic mass is 9.75. The van der Waals surface area contributed by atoms with Crippen molar-refractivity contribution in [3.8, 4) is 0 Å². The van der Waals surface area contributed by atoms with E-state index in [1.54, 1.807) is 6.92 Å². The molecule has 1 aromatic rings. The average molecular weight is 208 g/mol. The van der Waals surface area contributed by atoms with Crippen LogP contribution >= 0.6 is 0 Å². The molecule has 1 aliphatic carbocycles. The third-order valence-electron chi connectivity index (χ3n) is 3.17. The highest BCUT2D eigenvalue weighted by Crippen LogP contribution is 2.34. The summed E-state index contributed by atoms with van der Waals surface area (Å²) in [4.78, 5) is 15.8. The van der Waals surface area contributed by atoms with Crippen LogP contribution in [0.5, 0.6) is 0 Å². The summed E-state index contributed by atoms with van der Waals surface area (Å²) in [6, 6.07) is 0. The van der Waals surface area contributed by atoms with Crippen molar-refractivity contribution in [2.45, 2.75) is 45.1 Å². The number of amides is 1. The monoisotopic (exact) mass is 208 g/mol. The maximum absolute atomic E-state index is 11.8. The molecular weight excluding hydrogens is 192 g/mol. The summed E-state index contributed by atoms with van der Waals surface area (Å²) in [6.45, 7) is 3.88. The normalized spacial score (nSPS) is 18.3. The molecule has 0 bridgehead atoms. The molecule has 0 spiro atoms. The molecule has 0 unspecified atom stereocenters. The molecule has 0 aromatic carbocycles. The van der Waals surface area contributed by atoms with Gasteiger partial charge in [-0.1, -0.05) is 6.92 Å². The fourth-order valence-electron chi connectivity index (χ4n) is 1.91. The van der Waals surface area contributed by atoms with Gasteiger partial charge < -0.3 is 5.32 Å². The van der Waals surface area contributed by atoms with E-state index in [0.717, 1.165) is 19.3 Å². The third-order valence-corrected chi connectivity index (χ3v) is 3.17. The lowest BCUT2D eigenvalue weighted by molar-refractivity contribution is 0.0810. The van der Waals surface area contributed by atoms with E-state index in [9.17, 15) is 4.79 Å². The van der Waals surface area contributed by atoms with Gasteiger partial charge in [-0.3, -0.25) is 9.89 Å². The van der Waals surface area contributed by atoms with Gasteiger partial charge in [-0.05, 0) is 32.6 Å². The van der Waals surface area contributed by atoms with Gasteiger partial charge in [-0.2, -0.15) is 0 Å². The molecule has 1 aromatic heterocycles. The Hall–Kier alpha value is -1.39. The Morgan fingerprint density at radius 1 is 1.60 bits per heavy atom. The molecule has 1 aliphatic rings. The SMILES string of the molecule is CCC1(NC(=O)c2n[nH]c(C)n2)CCC1. The molecule has 5 nitrogen and oxygen atoms in total. The van der Waals surface area contributed by atoms with Crippen molar-refractivity contribution >= 4 is 5.91 Å². The molecule has 82 valence electrons. The van der Waals surface area contributed by atoms with Crippen molar-refractivity contribution in [3.63, 3.8) is 0 Å². The predicted octanol–water partition coefficient (Wildman–Crippen LogP) is 1.18. The summed E-state index contributed by atoms with van der Waals surface area (Å²) in [7, 11) is 0. The fraction of sp³-hybridized carbons (Fsp3) is 0.700. The van der Waals surface area contributed by atoms with Crippen molar-refractivity contribution < 1.29 is 4.79 Å². The maximum Gasteiger partial charge on any atom is 0.291 e. The first kappa shape index (κ1) is 10.1. The summed E-state index contributed by atoms with van der Waals surface area (Å²) in [5, 5.41) is 9.54. The number of hydrogen-bond donors (Lipinski definition) is 2. The summed E-state index contributed by atoms with van der Waals surface area (Å²) < 4.78 is 0. The van der Waals surface area contributed by atoms with Crippen LogP contribution in [0, 0.1) is 6.92 Å². The van der Waals surface area contributed by atoms with Crippen LogP contribution in [0.2, 0.25) is 0 Å². The van der Waals surface area contributed by atoms with Crippen molar-refractivity contribution in [1.29, 1.82) is 0 Å². The topological polar surface area (TPSA) is 70.7 Å². The zero-order chi connectivity index (χ0) is 10.9. The Bertz CT molecular complexity index is 362. The first-order chi connectivity index (χ1) is 7.15. The second-order valence-electron chi connectivity index (χ2n) is 4.19. The molecule has 15 heavy (non-hydrogen) atoms. The van der Waals surface area contributed by atoms with E-state index in [4.69, 9.17) is 0 Å². The van der Waals surface area contributed by atoms with Crippen LogP contribution in [0.3, 0.4) is 0 Å². The number of aromatic nitrogens is 3. The highest BCUT2D eigenvalue weighted by atomic mass is 16.2. The first-order valence-corrected chi connectivity index (χ1v) is 5.37. The van der Waals surface area contributed by atoms with Gasteiger partial charge in [0, 0.05) is 5.54 Å². The number of carbonyl (C=O) groups excluding carboxylic acids is 1. The minimum atomic E-state index is -0.166. The van der Waals surface area contributed by atoms with Gasteiger partial charge in [0.1, 0.15) is 5.82 Å². The summed E-state index contributed by atoms with van der Waals surface area (Å²) in [5.41, 5.74) is 0.00557. The van der Waals surface area contributed by atoms with E-state index in [0.29, 0.717) is 5.82 Å². The van der Waals surface area contributed by atoms with Gasteiger partial charge in [0.05, 0.1) is 0 Å². The lowest BCUT2D eigenvalue weighted by Gasteiger charge is -2.41. The van der Waals surface area contributed by atoms with E-state index in [-0.39, 0.29) is 17.3 Å². The van der Waals surface area contributed by atoms with Crippen LogP contribution in [0.25, 0.3) is 0 Å². The predicted molar refractivity (Wildman–Crippen MR) is 55.5 cm³/mol. The molecule has 0 saturated heterocycles. The van der Waals surface area contributed by atoms with Gasteiger partial charge in [-0.25, -0.2) is 4.98 Å². The van der Waals surface area contributed by atoms with Gasteiger partial charge >= 0.3 is 0 Å². The number of rotatable bonds is 3. The zero-order valence-corrected chi connectivity index (χ0v) is 9.13. The number of aromatic amines is 1. The number of carbonyl (C=O) groups is 1. The molecule has 1 amide bonds. The Labute approximate surface area is 88.7 Å². The smallest absolute Gasteiger partial charge is 0.291 e. The van der Waals surface area contributed by atoms with Crippen LogP contribution < -0.4 is 5.32 Å². The second-order valence-corrected chi connectivity index (χ2v) is 4.19. The van der Waals surface area contributed by atoms with Crippen LogP contribution in [-0.4, -0.2) is 26.6 Å². The summed E-state index contributed by atoms with van der Waals surface area (Å²) in [6.07, 6.45) is 4.31. The zero-order valence-electron chi connectivity index (χ0n) is 9.13. The molecule has 1 fully saturated rings. The Morgan fingerprint density at radius 2 is 2.33 bits per heavy atom. The van der Waals surface area contributed by atoms with E-state index in [1.165, 1.54) is 6.42 Å². The lowest BCUT2D eigenvalue weighted by Crippen LogP contribution is -2.53. The molecular formula is C10H16N4O. The van der Waals surface area contributed by atoms with Gasteiger partial charge in [0.15, 0.2) is 0 Å². The van der Waals surface area contributed by atoms with Crippen molar-refractivity contribution in [1.82, 2.24) is 20.5 Å². The molecule has 2 N–H and O–H groups in total. The Balaban J connectivity index is 2.03. The molecule has 1 saturated carbocycles. The van der Waals surface area contributed by atoms with Gasteiger partial charge in [0.2, 0.25) is 5.82 Å². The Kier molecular flexibility index (Phi) is 2.46. The first-order valence-electron chi connectivity index (χ1n) is 5.37. The minimum Gasteiger partial charge on any atom is -0.344 e. The number of aryl methyl sites for hydroxylation is 1. The molecule has 2 rings (SSSR count). The molecule has 1 heterocycles. The maximum atomic E-state index is 11.8. The quantitative estimate of drug-likeness (QED) is 0.783. The summed E-state index contributed by atoms with van der Waals surface area (Å²) >= 11 is 0. The van der Waals surface area contributed by atoms with Crippen LogP contribution in [0.4, 0.5) is 0 Å². The highest BCUT2D eigenvalue weighted by molar-refractivity contribution is 5.90. The number of H-pyrrole nitrogens is 1. The summed E-state index contributed by atoms with van der Waals surface area (Å²) in [5.74, 6) is 0.743. The van der Waals surface area contributed by atoms with Crippen LogP contribution in [0.1, 0.15) is 49.1 Å².